The Balaban J connectivity index is 1.90. The van der Waals surface area contributed by atoms with Gasteiger partial charge in [-0.05, 0) is 25.0 Å². The summed E-state index contributed by atoms with van der Waals surface area (Å²) in [5, 5.41) is 2.70. The molecule has 1 heterocycles. The summed E-state index contributed by atoms with van der Waals surface area (Å²) < 4.78 is 5.47. The van der Waals surface area contributed by atoms with Gasteiger partial charge >= 0.3 is 5.97 Å². The van der Waals surface area contributed by atoms with Crippen LogP contribution in [0.2, 0.25) is 0 Å². The number of amides is 1. The lowest BCUT2D eigenvalue weighted by Crippen LogP contribution is -2.06. The molecule has 0 radical (unpaired) electrons. The van der Waals surface area contributed by atoms with Crippen LogP contribution in [0.3, 0.4) is 0 Å². The van der Waals surface area contributed by atoms with Gasteiger partial charge in [0, 0.05) is 18.2 Å². The summed E-state index contributed by atoms with van der Waals surface area (Å²) >= 11 is 0. The molecule has 4 heteroatoms. The smallest absolute Gasteiger partial charge is 0.339 e. The second kappa shape index (κ2) is 7.97. The number of carbonyl (C=O) groups is 2. The van der Waals surface area contributed by atoms with Crippen LogP contribution in [-0.2, 0) is 9.53 Å². The highest BCUT2D eigenvalue weighted by molar-refractivity contribution is 5.97. The van der Waals surface area contributed by atoms with Crippen molar-refractivity contribution in [2.24, 2.45) is 0 Å². The normalized spacial score (nSPS) is 16.3. The van der Waals surface area contributed by atoms with Crippen LogP contribution in [0.1, 0.15) is 80.8 Å². The maximum absolute atomic E-state index is 12.0. The number of benzene rings is 1. The fourth-order valence-electron chi connectivity index (χ4n) is 2.88. The first-order valence-electron chi connectivity index (χ1n) is 8.24. The quantitative estimate of drug-likeness (QED) is 0.563. The van der Waals surface area contributed by atoms with Gasteiger partial charge in [0.2, 0.25) is 5.91 Å². The molecule has 1 aliphatic heterocycles. The molecule has 1 N–H and O–H groups in total. The van der Waals surface area contributed by atoms with E-state index in [2.05, 4.69) is 12.2 Å². The van der Waals surface area contributed by atoms with Crippen LogP contribution in [-0.4, -0.2) is 11.9 Å². The van der Waals surface area contributed by atoms with Gasteiger partial charge in [-0.2, -0.15) is 0 Å². The average Bonchev–Trinajstić information content (AvgIpc) is 2.78. The molecule has 0 spiro atoms. The molecule has 0 saturated carbocycles. The second-order valence-electron chi connectivity index (χ2n) is 5.93. The van der Waals surface area contributed by atoms with Gasteiger partial charge in [0.15, 0.2) is 0 Å². The fourth-order valence-corrected chi connectivity index (χ4v) is 2.88. The third-order valence-corrected chi connectivity index (χ3v) is 4.01. The molecule has 1 amide bonds. The molecular formula is C18H25NO3. The van der Waals surface area contributed by atoms with Crippen molar-refractivity contribution in [3.05, 3.63) is 29.3 Å². The minimum atomic E-state index is -0.279. The van der Waals surface area contributed by atoms with Crippen molar-refractivity contribution in [2.45, 2.75) is 64.9 Å². The van der Waals surface area contributed by atoms with Gasteiger partial charge < -0.3 is 10.1 Å². The third kappa shape index (κ3) is 4.33. The molecule has 0 saturated heterocycles. The summed E-state index contributed by atoms with van der Waals surface area (Å²) in [7, 11) is 0. The van der Waals surface area contributed by atoms with Crippen molar-refractivity contribution in [3.63, 3.8) is 0 Å². The summed E-state index contributed by atoms with van der Waals surface area (Å²) in [6, 6.07) is 5.43. The number of hydrogen-bond donors (Lipinski definition) is 1. The number of rotatable bonds is 8. The Morgan fingerprint density at radius 2 is 1.91 bits per heavy atom. The van der Waals surface area contributed by atoms with Crippen LogP contribution in [0.25, 0.3) is 0 Å². The number of unbranched alkanes of at least 4 members (excludes halogenated alkanes) is 5. The van der Waals surface area contributed by atoms with Crippen molar-refractivity contribution in [2.75, 3.05) is 5.32 Å². The summed E-state index contributed by atoms with van der Waals surface area (Å²) in [5.41, 5.74) is 2.18. The Labute approximate surface area is 132 Å². The van der Waals surface area contributed by atoms with Crippen LogP contribution in [0.4, 0.5) is 5.69 Å². The SMILES string of the molecule is CCCCCCCCC1OC(=O)c2cc(NC(C)=O)ccc21. The molecule has 1 aromatic rings. The maximum atomic E-state index is 12.0. The molecule has 1 aliphatic rings. The molecule has 0 aliphatic carbocycles. The van der Waals surface area contributed by atoms with Gasteiger partial charge in [-0.15, -0.1) is 0 Å². The first-order chi connectivity index (χ1) is 10.6. The van der Waals surface area contributed by atoms with Crippen LogP contribution < -0.4 is 5.32 Å². The lowest BCUT2D eigenvalue weighted by atomic mass is 9.99. The maximum Gasteiger partial charge on any atom is 0.339 e. The number of esters is 1. The summed E-state index contributed by atoms with van der Waals surface area (Å²) in [6.07, 6.45) is 8.12. The predicted octanol–water partition coefficient (Wildman–Crippen LogP) is 4.61. The lowest BCUT2D eigenvalue weighted by Gasteiger charge is -2.10. The van der Waals surface area contributed by atoms with Gasteiger partial charge in [0.1, 0.15) is 6.10 Å². The summed E-state index contributed by atoms with van der Waals surface area (Å²) in [5.74, 6) is -0.423. The zero-order valence-corrected chi connectivity index (χ0v) is 13.5. The number of hydrogen-bond acceptors (Lipinski definition) is 3. The highest BCUT2D eigenvalue weighted by atomic mass is 16.5. The van der Waals surface area contributed by atoms with E-state index in [9.17, 15) is 9.59 Å². The Morgan fingerprint density at radius 3 is 2.64 bits per heavy atom. The van der Waals surface area contributed by atoms with Crippen molar-refractivity contribution < 1.29 is 14.3 Å². The van der Waals surface area contributed by atoms with Gasteiger partial charge in [-0.1, -0.05) is 45.1 Å². The lowest BCUT2D eigenvalue weighted by molar-refractivity contribution is -0.114. The molecule has 1 aromatic carbocycles. The van der Waals surface area contributed by atoms with Crippen LogP contribution in [0, 0.1) is 0 Å². The zero-order chi connectivity index (χ0) is 15.9. The molecule has 4 nitrogen and oxygen atoms in total. The van der Waals surface area contributed by atoms with Gasteiger partial charge in [-0.25, -0.2) is 4.79 Å². The molecule has 120 valence electrons. The first kappa shape index (κ1) is 16.5. The molecular weight excluding hydrogens is 278 g/mol. The van der Waals surface area contributed by atoms with E-state index >= 15 is 0 Å². The Bertz CT molecular complexity index is 539. The van der Waals surface area contributed by atoms with E-state index in [0.717, 1.165) is 18.4 Å². The zero-order valence-electron chi connectivity index (χ0n) is 13.5. The number of nitrogens with one attached hydrogen (secondary N) is 1. The van der Waals surface area contributed by atoms with E-state index in [1.807, 2.05) is 12.1 Å². The number of carbonyl (C=O) groups excluding carboxylic acids is 2. The van der Waals surface area contributed by atoms with Gasteiger partial charge in [0.05, 0.1) is 5.56 Å². The predicted molar refractivity (Wildman–Crippen MR) is 86.9 cm³/mol. The number of anilines is 1. The van der Waals surface area contributed by atoms with Crippen molar-refractivity contribution in [1.82, 2.24) is 0 Å². The number of cyclic esters (lactones) is 1. The van der Waals surface area contributed by atoms with Gasteiger partial charge in [0.25, 0.3) is 0 Å². The van der Waals surface area contributed by atoms with Gasteiger partial charge in [-0.3, -0.25) is 4.79 Å². The third-order valence-electron chi connectivity index (χ3n) is 4.01. The van der Waals surface area contributed by atoms with Crippen LogP contribution in [0.15, 0.2) is 18.2 Å². The van der Waals surface area contributed by atoms with E-state index in [4.69, 9.17) is 4.74 Å². The minimum Gasteiger partial charge on any atom is -0.454 e. The Morgan fingerprint density at radius 1 is 1.18 bits per heavy atom. The molecule has 0 aromatic heterocycles. The fraction of sp³-hybridized carbons (Fsp3) is 0.556. The molecule has 1 atom stereocenters. The largest absolute Gasteiger partial charge is 0.454 e. The van der Waals surface area contributed by atoms with Crippen LogP contribution >= 0.6 is 0 Å². The van der Waals surface area contributed by atoms with E-state index in [1.54, 1.807) is 6.07 Å². The Kier molecular flexibility index (Phi) is 5.99. The second-order valence-corrected chi connectivity index (χ2v) is 5.93. The molecule has 22 heavy (non-hydrogen) atoms. The highest BCUT2D eigenvalue weighted by Gasteiger charge is 2.30. The molecule has 2 rings (SSSR count). The van der Waals surface area contributed by atoms with Crippen molar-refractivity contribution in [1.29, 1.82) is 0 Å². The van der Waals surface area contributed by atoms with Crippen molar-refractivity contribution in [3.8, 4) is 0 Å². The highest BCUT2D eigenvalue weighted by Crippen LogP contribution is 2.35. The monoisotopic (exact) mass is 303 g/mol. The molecule has 1 unspecified atom stereocenters. The summed E-state index contributed by atoms with van der Waals surface area (Å²) in [6.45, 7) is 3.66. The van der Waals surface area contributed by atoms with E-state index in [0.29, 0.717) is 11.3 Å². The average molecular weight is 303 g/mol. The van der Waals surface area contributed by atoms with Crippen molar-refractivity contribution >= 4 is 17.6 Å². The van der Waals surface area contributed by atoms with E-state index in [1.165, 1.54) is 39.0 Å². The number of fused-ring (bicyclic) bond motifs is 1. The topological polar surface area (TPSA) is 55.4 Å². The molecule has 0 fully saturated rings. The standard InChI is InChI=1S/C18H25NO3/c1-3-4-5-6-7-8-9-17-15-11-10-14(19-13(2)20)12-16(15)18(21)22-17/h10-12,17H,3-9H2,1-2H3,(H,19,20). The summed E-state index contributed by atoms with van der Waals surface area (Å²) in [4.78, 5) is 23.0. The van der Waals surface area contributed by atoms with E-state index < -0.39 is 0 Å². The number of ether oxygens (including phenoxy) is 1. The minimum absolute atomic E-state index is 0.125. The first-order valence-corrected chi connectivity index (χ1v) is 8.24. The molecule has 0 bridgehead atoms. The van der Waals surface area contributed by atoms with Crippen LogP contribution in [0.5, 0.6) is 0 Å². The van der Waals surface area contributed by atoms with E-state index in [-0.39, 0.29) is 18.0 Å². The Hall–Kier alpha value is -1.84.